The van der Waals surface area contributed by atoms with Crippen LogP contribution in [0.15, 0.2) is 18.2 Å². The van der Waals surface area contributed by atoms with Crippen LogP contribution in [0.3, 0.4) is 0 Å². The third-order valence-electron chi connectivity index (χ3n) is 6.63. The molecular weight excluding hydrogens is 368 g/mol. The molecule has 29 heavy (non-hydrogen) atoms. The van der Waals surface area contributed by atoms with Crippen LogP contribution in [0.25, 0.3) is 0 Å². The molecule has 1 saturated heterocycles. The summed E-state index contributed by atoms with van der Waals surface area (Å²) in [4.78, 5) is 27.5. The maximum absolute atomic E-state index is 13.1. The molecule has 160 valence electrons. The summed E-state index contributed by atoms with van der Waals surface area (Å²) in [6.07, 6.45) is 6.04. The molecular formula is C23H34N2O4. The molecule has 6 heteroatoms. The van der Waals surface area contributed by atoms with Crippen molar-refractivity contribution in [1.29, 1.82) is 0 Å². The maximum Gasteiger partial charge on any atom is 0.245 e. The SMILES string of the molecule is COc1ccc(CCN2C(=O)CCC2(C)C(=O)NC2CCC(C)CC2)cc1OC. The van der Waals surface area contributed by atoms with E-state index >= 15 is 0 Å². The number of hydrogen-bond acceptors (Lipinski definition) is 4. The van der Waals surface area contributed by atoms with Gasteiger partial charge in [-0.2, -0.15) is 0 Å². The van der Waals surface area contributed by atoms with Gasteiger partial charge in [0.05, 0.1) is 14.2 Å². The number of likely N-dealkylation sites (tertiary alicyclic amines) is 1. The van der Waals surface area contributed by atoms with Crippen LogP contribution in [0.4, 0.5) is 0 Å². The minimum atomic E-state index is -0.767. The van der Waals surface area contributed by atoms with Crippen LogP contribution in [0.1, 0.15) is 57.9 Å². The normalized spacial score (nSPS) is 27.0. The van der Waals surface area contributed by atoms with Crippen molar-refractivity contribution in [3.05, 3.63) is 23.8 Å². The molecule has 0 aromatic heterocycles. The molecule has 2 fully saturated rings. The summed E-state index contributed by atoms with van der Waals surface area (Å²) in [6, 6.07) is 6.01. The molecule has 1 atom stereocenters. The molecule has 3 rings (SSSR count). The van der Waals surface area contributed by atoms with Crippen LogP contribution in [0.5, 0.6) is 11.5 Å². The molecule has 2 amide bonds. The third kappa shape index (κ3) is 4.68. The Morgan fingerprint density at radius 3 is 2.52 bits per heavy atom. The third-order valence-corrected chi connectivity index (χ3v) is 6.63. The van der Waals surface area contributed by atoms with Crippen molar-refractivity contribution in [2.24, 2.45) is 5.92 Å². The first-order valence-corrected chi connectivity index (χ1v) is 10.7. The van der Waals surface area contributed by atoms with Crippen molar-refractivity contribution in [3.8, 4) is 11.5 Å². The molecule has 2 aliphatic rings. The average Bonchev–Trinajstić information content (AvgIpc) is 3.02. The highest BCUT2D eigenvalue weighted by Gasteiger charge is 2.47. The van der Waals surface area contributed by atoms with Crippen LogP contribution >= 0.6 is 0 Å². The topological polar surface area (TPSA) is 67.9 Å². The lowest BCUT2D eigenvalue weighted by molar-refractivity contribution is -0.141. The lowest BCUT2D eigenvalue weighted by Gasteiger charge is -2.36. The molecule has 1 aromatic rings. The van der Waals surface area contributed by atoms with E-state index in [1.54, 1.807) is 19.1 Å². The summed E-state index contributed by atoms with van der Waals surface area (Å²) in [5.74, 6) is 2.14. The van der Waals surface area contributed by atoms with Gasteiger partial charge in [0.2, 0.25) is 11.8 Å². The number of nitrogens with zero attached hydrogens (tertiary/aromatic N) is 1. The number of rotatable bonds is 7. The number of methoxy groups -OCH3 is 2. The number of carbonyl (C=O) groups is 2. The molecule has 1 unspecified atom stereocenters. The Hall–Kier alpha value is -2.24. The molecule has 0 radical (unpaired) electrons. The van der Waals surface area contributed by atoms with Crippen molar-refractivity contribution in [1.82, 2.24) is 10.2 Å². The summed E-state index contributed by atoms with van der Waals surface area (Å²) in [6.45, 7) is 4.69. The van der Waals surface area contributed by atoms with Gasteiger partial charge in [0.25, 0.3) is 0 Å². The summed E-state index contributed by atoms with van der Waals surface area (Å²) in [5, 5.41) is 3.23. The first-order valence-electron chi connectivity index (χ1n) is 10.7. The van der Waals surface area contributed by atoms with Gasteiger partial charge in [-0.25, -0.2) is 0 Å². The monoisotopic (exact) mass is 402 g/mol. The lowest BCUT2D eigenvalue weighted by Crippen LogP contribution is -2.57. The van der Waals surface area contributed by atoms with E-state index in [9.17, 15) is 9.59 Å². The van der Waals surface area contributed by atoms with Crippen LogP contribution in [0, 0.1) is 5.92 Å². The predicted octanol–water partition coefficient (Wildman–Crippen LogP) is 3.32. The molecule has 1 N–H and O–H groups in total. The van der Waals surface area contributed by atoms with E-state index in [4.69, 9.17) is 9.47 Å². The van der Waals surface area contributed by atoms with Crippen molar-refractivity contribution >= 4 is 11.8 Å². The van der Waals surface area contributed by atoms with E-state index in [1.165, 1.54) is 0 Å². The fourth-order valence-electron chi connectivity index (χ4n) is 4.53. The minimum Gasteiger partial charge on any atom is -0.493 e. The Kier molecular flexibility index (Phi) is 6.70. The van der Waals surface area contributed by atoms with Crippen molar-refractivity contribution in [3.63, 3.8) is 0 Å². The first-order chi connectivity index (χ1) is 13.9. The van der Waals surface area contributed by atoms with Gasteiger partial charge in [-0.3, -0.25) is 9.59 Å². The van der Waals surface area contributed by atoms with Gasteiger partial charge in [0.1, 0.15) is 5.54 Å². The van der Waals surface area contributed by atoms with Gasteiger partial charge in [-0.15, -0.1) is 0 Å². The molecule has 0 bridgehead atoms. The van der Waals surface area contributed by atoms with Crippen LogP contribution in [-0.2, 0) is 16.0 Å². The van der Waals surface area contributed by atoms with Crippen molar-refractivity contribution in [2.75, 3.05) is 20.8 Å². The number of hydrogen-bond donors (Lipinski definition) is 1. The molecule has 1 heterocycles. The standard InChI is InChI=1S/C23H34N2O4/c1-16-5-8-18(9-6-16)24-22(27)23(2)13-11-21(26)25(23)14-12-17-7-10-19(28-3)20(15-17)29-4/h7,10,15-16,18H,5-6,8-9,11-14H2,1-4H3,(H,24,27). The van der Waals surface area contributed by atoms with E-state index in [0.29, 0.717) is 37.3 Å². The second kappa shape index (κ2) is 9.06. The zero-order valence-electron chi connectivity index (χ0n) is 18.1. The molecule has 1 aliphatic carbocycles. The highest BCUT2D eigenvalue weighted by atomic mass is 16.5. The largest absolute Gasteiger partial charge is 0.493 e. The van der Waals surface area contributed by atoms with Gasteiger partial charge >= 0.3 is 0 Å². The van der Waals surface area contributed by atoms with Gasteiger partial charge in [-0.05, 0) is 69.1 Å². The van der Waals surface area contributed by atoms with E-state index in [2.05, 4.69) is 12.2 Å². The Bertz CT molecular complexity index is 742. The van der Waals surface area contributed by atoms with Gasteiger partial charge in [0, 0.05) is 19.0 Å². The number of amides is 2. The van der Waals surface area contributed by atoms with E-state index in [1.807, 2.05) is 25.1 Å². The second-order valence-electron chi connectivity index (χ2n) is 8.69. The fourth-order valence-corrected chi connectivity index (χ4v) is 4.53. The number of ether oxygens (including phenoxy) is 2. The molecule has 1 saturated carbocycles. The quantitative estimate of drug-likeness (QED) is 0.760. The van der Waals surface area contributed by atoms with Crippen molar-refractivity contribution < 1.29 is 19.1 Å². The smallest absolute Gasteiger partial charge is 0.245 e. The van der Waals surface area contributed by atoms with Gasteiger partial charge in [-0.1, -0.05) is 13.0 Å². The highest BCUT2D eigenvalue weighted by Crippen LogP contribution is 2.33. The van der Waals surface area contributed by atoms with E-state index < -0.39 is 5.54 Å². The second-order valence-corrected chi connectivity index (χ2v) is 8.69. The minimum absolute atomic E-state index is 0.00443. The predicted molar refractivity (Wildman–Crippen MR) is 112 cm³/mol. The highest BCUT2D eigenvalue weighted by molar-refractivity contribution is 5.94. The summed E-state index contributed by atoms with van der Waals surface area (Å²) >= 11 is 0. The molecule has 1 aliphatic heterocycles. The Morgan fingerprint density at radius 2 is 1.86 bits per heavy atom. The summed E-state index contributed by atoms with van der Waals surface area (Å²) in [5.41, 5.74) is 0.280. The molecule has 1 aromatic carbocycles. The lowest BCUT2D eigenvalue weighted by atomic mass is 9.86. The first kappa shape index (κ1) is 21.5. The zero-order chi connectivity index (χ0) is 21.0. The van der Waals surface area contributed by atoms with Crippen LogP contribution in [0.2, 0.25) is 0 Å². The van der Waals surface area contributed by atoms with E-state index in [-0.39, 0.29) is 17.9 Å². The Morgan fingerprint density at radius 1 is 1.17 bits per heavy atom. The van der Waals surface area contributed by atoms with Crippen LogP contribution < -0.4 is 14.8 Å². The van der Waals surface area contributed by atoms with Gasteiger partial charge in [0.15, 0.2) is 11.5 Å². The van der Waals surface area contributed by atoms with Crippen LogP contribution in [-0.4, -0.2) is 49.1 Å². The van der Waals surface area contributed by atoms with E-state index in [0.717, 1.165) is 37.2 Å². The Labute approximate surface area is 173 Å². The number of carbonyl (C=O) groups excluding carboxylic acids is 2. The maximum atomic E-state index is 13.1. The van der Waals surface area contributed by atoms with Gasteiger partial charge < -0.3 is 19.7 Å². The molecule has 0 spiro atoms. The zero-order valence-corrected chi connectivity index (χ0v) is 18.1. The summed E-state index contributed by atoms with van der Waals surface area (Å²) in [7, 11) is 3.22. The van der Waals surface area contributed by atoms with Crippen molar-refractivity contribution in [2.45, 2.75) is 70.4 Å². The average molecular weight is 403 g/mol. The Balaban J connectivity index is 1.65. The fraction of sp³-hybridized carbons (Fsp3) is 0.652. The summed E-state index contributed by atoms with van der Waals surface area (Å²) < 4.78 is 10.7. The number of nitrogens with one attached hydrogen (secondary N) is 1. The number of benzene rings is 1. The molecule has 6 nitrogen and oxygen atoms in total.